The molecule has 0 fully saturated rings. The van der Waals surface area contributed by atoms with E-state index in [-0.39, 0.29) is 4.92 Å². The fraction of sp³-hybridized carbons (Fsp3) is 0.955. The minimum absolute atomic E-state index is 0.279. The molecule has 1 N–H and O–H groups in total. The monoisotopic (exact) mass is 384 g/mol. The van der Waals surface area contributed by atoms with Crippen molar-refractivity contribution in [2.24, 2.45) is 0 Å². The SMILES string of the molecule is CCCCCCCCC(O)C(CCCCCCCCCCC[C]=O)[N+](=O)[O-]. The van der Waals surface area contributed by atoms with Gasteiger partial charge in [-0.15, -0.1) is 0 Å². The smallest absolute Gasteiger partial charge is 0.238 e. The Morgan fingerprint density at radius 1 is 0.778 bits per heavy atom. The molecule has 159 valence electrons. The van der Waals surface area contributed by atoms with Gasteiger partial charge in [0.05, 0.1) is 0 Å². The lowest BCUT2D eigenvalue weighted by molar-refractivity contribution is -0.535. The van der Waals surface area contributed by atoms with Crippen LogP contribution in [-0.4, -0.2) is 28.5 Å². The predicted octanol–water partition coefficient (Wildman–Crippen LogP) is 6.14. The molecule has 2 unspecified atom stereocenters. The molecule has 0 aliphatic heterocycles. The number of unbranched alkanes of at least 4 members (excludes halogenated alkanes) is 14. The van der Waals surface area contributed by atoms with E-state index in [0.717, 1.165) is 44.9 Å². The second kappa shape index (κ2) is 19.8. The predicted molar refractivity (Wildman–Crippen MR) is 111 cm³/mol. The van der Waals surface area contributed by atoms with Crippen LogP contribution in [0.15, 0.2) is 0 Å². The summed E-state index contributed by atoms with van der Waals surface area (Å²) in [5, 5.41) is 21.4. The van der Waals surface area contributed by atoms with Crippen molar-refractivity contribution in [3.63, 3.8) is 0 Å². The summed E-state index contributed by atoms with van der Waals surface area (Å²) in [5.74, 6) is 0. The highest BCUT2D eigenvalue weighted by atomic mass is 16.6. The quantitative estimate of drug-likeness (QED) is 0.146. The molecule has 0 aromatic rings. The second-order valence-corrected chi connectivity index (χ2v) is 7.84. The first-order chi connectivity index (χ1) is 13.1. The third-order valence-electron chi connectivity index (χ3n) is 5.35. The number of aliphatic hydroxyl groups excluding tert-OH is 1. The summed E-state index contributed by atoms with van der Waals surface area (Å²) in [5.41, 5.74) is 0. The van der Waals surface area contributed by atoms with E-state index in [0.29, 0.717) is 19.3 Å². The van der Waals surface area contributed by atoms with Crippen molar-refractivity contribution in [3.8, 4) is 0 Å². The molecule has 0 aliphatic carbocycles. The molecule has 0 heterocycles. The molecule has 0 bridgehead atoms. The fourth-order valence-corrected chi connectivity index (χ4v) is 3.55. The molecule has 5 nitrogen and oxygen atoms in total. The average Bonchev–Trinajstić information content (AvgIpc) is 2.65. The van der Waals surface area contributed by atoms with Gasteiger partial charge in [0.25, 0.3) is 0 Å². The molecule has 0 aromatic heterocycles. The molecule has 0 rings (SSSR count). The van der Waals surface area contributed by atoms with Crippen LogP contribution in [-0.2, 0) is 4.79 Å². The first kappa shape index (κ1) is 26.0. The Morgan fingerprint density at radius 2 is 1.22 bits per heavy atom. The Kier molecular flexibility index (Phi) is 19.1. The Bertz CT molecular complexity index is 349. The molecule has 0 amide bonds. The summed E-state index contributed by atoms with van der Waals surface area (Å²) >= 11 is 0. The van der Waals surface area contributed by atoms with Crippen LogP contribution in [0, 0.1) is 10.1 Å². The molecule has 1 radical (unpaired) electrons. The maximum atomic E-state index is 11.2. The van der Waals surface area contributed by atoms with Gasteiger partial charge in [0.1, 0.15) is 6.10 Å². The molecule has 5 heteroatoms. The molecule has 0 saturated heterocycles. The van der Waals surface area contributed by atoms with E-state index in [1.807, 2.05) is 6.29 Å². The zero-order valence-electron chi connectivity index (χ0n) is 17.5. The summed E-state index contributed by atoms with van der Waals surface area (Å²) in [4.78, 5) is 21.1. The largest absolute Gasteiger partial charge is 0.386 e. The lowest BCUT2D eigenvalue weighted by atomic mass is 9.98. The van der Waals surface area contributed by atoms with Crippen molar-refractivity contribution in [2.75, 3.05) is 0 Å². The average molecular weight is 385 g/mol. The van der Waals surface area contributed by atoms with E-state index in [9.17, 15) is 20.0 Å². The molecular weight excluding hydrogens is 342 g/mol. The highest BCUT2D eigenvalue weighted by Gasteiger charge is 2.28. The van der Waals surface area contributed by atoms with Crippen LogP contribution in [0.4, 0.5) is 0 Å². The van der Waals surface area contributed by atoms with E-state index in [1.165, 1.54) is 51.4 Å². The maximum Gasteiger partial charge on any atom is 0.238 e. The van der Waals surface area contributed by atoms with Crippen LogP contribution in [0.5, 0.6) is 0 Å². The van der Waals surface area contributed by atoms with Crippen molar-refractivity contribution in [1.82, 2.24) is 0 Å². The van der Waals surface area contributed by atoms with E-state index in [4.69, 9.17) is 0 Å². The zero-order valence-corrected chi connectivity index (χ0v) is 17.5. The molecule has 0 aliphatic rings. The van der Waals surface area contributed by atoms with E-state index in [2.05, 4.69) is 6.92 Å². The van der Waals surface area contributed by atoms with Crippen LogP contribution in [0.2, 0.25) is 0 Å². The van der Waals surface area contributed by atoms with Crippen molar-refractivity contribution in [2.45, 2.75) is 135 Å². The van der Waals surface area contributed by atoms with Crippen LogP contribution >= 0.6 is 0 Å². The summed E-state index contributed by atoms with van der Waals surface area (Å²) in [6.07, 6.45) is 19.3. The lowest BCUT2D eigenvalue weighted by Gasteiger charge is -2.16. The van der Waals surface area contributed by atoms with Crippen molar-refractivity contribution < 1.29 is 14.8 Å². The van der Waals surface area contributed by atoms with Crippen LogP contribution in [0.25, 0.3) is 0 Å². The molecule has 0 aromatic carbocycles. The number of aliphatic hydroxyl groups is 1. The number of nitrogens with zero attached hydrogens (tertiary/aromatic N) is 1. The minimum atomic E-state index is -0.796. The van der Waals surface area contributed by atoms with E-state index >= 15 is 0 Å². The van der Waals surface area contributed by atoms with Crippen molar-refractivity contribution in [3.05, 3.63) is 10.1 Å². The summed E-state index contributed by atoms with van der Waals surface area (Å²) in [6, 6.07) is -0.796. The van der Waals surface area contributed by atoms with Crippen LogP contribution in [0.1, 0.15) is 122 Å². The van der Waals surface area contributed by atoms with Gasteiger partial charge < -0.3 is 5.11 Å². The Hall–Kier alpha value is -0.970. The summed E-state index contributed by atoms with van der Waals surface area (Å²) < 4.78 is 0. The van der Waals surface area contributed by atoms with E-state index in [1.54, 1.807) is 0 Å². The van der Waals surface area contributed by atoms with Gasteiger partial charge in [0.15, 0.2) is 6.29 Å². The van der Waals surface area contributed by atoms with Gasteiger partial charge in [-0.2, -0.15) is 0 Å². The molecule has 2 atom stereocenters. The third kappa shape index (κ3) is 16.9. The number of hydrogen-bond acceptors (Lipinski definition) is 4. The van der Waals surface area contributed by atoms with Crippen molar-refractivity contribution in [1.29, 1.82) is 0 Å². The Morgan fingerprint density at radius 3 is 1.70 bits per heavy atom. The normalized spacial score (nSPS) is 13.4. The van der Waals surface area contributed by atoms with Crippen LogP contribution < -0.4 is 0 Å². The topological polar surface area (TPSA) is 80.4 Å². The van der Waals surface area contributed by atoms with Gasteiger partial charge in [0, 0.05) is 17.8 Å². The maximum absolute atomic E-state index is 11.2. The number of carbonyl (C=O) groups excluding carboxylic acids is 1. The van der Waals surface area contributed by atoms with Gasteiger partial charge in [-0.3, -0.25) is 14.9 Å². The number of nitro groups is 1. The lowest BCUT2D eigenvalue weighted by Crippen LogP contribution is -2.33. The van der Waals surface area contributed by atoms with Gasteiger partial charge in [-0.25, -0.2) is 0 Å². The molecular formula is C22H42NO4. The minimum Gasteiger partial charge on any atom is -0.386 e. The highest BCUT2D eigenvalue weighted by molar-refractivity contribution is 5.50. The summed E-state index contributed by atoms with van der Waals surface area (Å²) in [7, 11) is 0. The Balaban J connectivity index is 3.65. The number of rotatable bonds is 21. The third-order valence-corrected chi connectivity index (χ3v) is 5.35. The first-order valence-corrected chi connectivity index (χ1v) is 11.3. The Labute approximate surface area is 166 Å². The molecule has 0 saturated carbocycles. The van der Waals surface area contributed by atoms with Gasteiger partial charge in [-0.1, -0.05) is 90.4 Å². The fourth-order valence-electron chi connectivity index (χ4n) is 3.55. The van der Waals surface area contributed by atoms with Crippen LogP contribution in [0.3, 0.4) is 0 Å². The van der Waals surface area contributed by atoms with Crippen molar-refractivity contribution >= 4 is 6.29 Å². The van der Waals surface area contributed by atoms with Gasteiger partial charge in [0.2, 0.25) is 6.04 Å². The molecule has 0 spiro atoms. The summed E-state index contributed by atoms with van der Waals surface area (Å²) in [6.45, 7) is 2.18. The number of hydrogen-bond donors (Lipinski definition) is 1. The second-order valence-electron chi connectivity index (χ2n) is 7.84. The molecule has 27 heavy (non-hydrogen) atoms. The van der Waals surface area contributed by atoms with E-state index < -0.39 is 12.1 Å². The standard InChI is InChI=1S/C22H42NO4/c1-2-3-4-5-13-16-19-22(25)21(23(26)27)18-15-12-10-8-6-7-9-11-14-17-20-24/h21-22,25H,2-19H2,1H3. The zero-order chi connectivity index (χ0) is 20.2. The first-order valence-electron chi connectivity index (χ1n) is 11.3. The van der Waals surface area contributed by atoms with Gasteiger partial charge in [-0.05, 0) is 19.3 Å². The highest BCUT2D eigenvalue weighted by Crippen LogP contribution is 2.17. The van der Waals surface area contributed by atoms with Gasteiger partial charge >= 0.3 is 0 Å².